The Bertz CT molecular complexity index is 166. The summed E-state index contributed by atoms with van der Waals surface area (Å²) < 4.78 is 0. The molecule has 0 aliphatic carbocycles. The van der Waals surface area contributed by atoms with Gasteiger partial charge in [0.25, 0.3) is 0 Å². The van der Waals surface area contributed by atoms with Crippen molar-refractivity contribution in [1.29, 1.82) is 0 Å². The zero-order chi connectivity index (χ0) is 9.14. The van der Waals surface area contributed by atoms with Crippen LogP contribution in [0.1, 0.15) is 13.8 Å². The molecule has 12 heavy (non-hydrogen) atoms. The number of amides is 1. The maximum atomic E-state index is 11.3. The highest BCUT2D eigenvalue weighted by Gasteiger charge is 2.28. The van der Waals surface area contributed by atoms with Crippen LogP contribution in [0.2, 0.25) is 0 Å². The Morgan fingerprint density at radius 1 is 1.67 bits per heavy atom. The second-order valence-electron chi connectivity index (χ2n) is 3.31. The van der Waals surface area contributed by atoms with Crippen molar-refractivity contribution in [2.24, 2.45) is 0 Å². The van der Waals surface area contributed by atoms with E-state index in [-0.39, 0.29) is 12.0 Å². The number of aliphatic hydroxyl groups excluding tert-OH is 1. The van der Waals surface area contributed by atoms with Gasteiger partial charge in [-0.2, -0.15) is 0 Å². The molecule has 1 N–H and O–H groups in total. The van der Waals surface area contributed by atoms with Crippen LogP contribution < -0.4 is 0 Å². The van der Waals surface area contributed by atoms with Crippen molar-refractivity contribution in [2.75, 3.05) is 18.8 Å². The van der Waals surface area contributed by atoms with Gasteiger partial charge in [0, 0.05) is 13.1 Å². The summed E-state index contributed by atoms with van der Waals surface area (Å²) in [5.41, 5.74) is 0. The number of hydrogen-bond acceptors (Lipinski definition) is 3. The molecule has 70 valence electrons. The maximum absolute atomic E-state index is 11.3. The molecule has 1 saturated heterocycles. The molecule has 1 aliphatic rings. The standard InChI is InChI=1S/C8H15NO2S/c1-6(2)12-5-8(11)9-3-7(10)4-9/h6-7,10H,3-5H2,1-2H3. The van der Waals surface area contributed by atoms with Gasteiger partial charge in [-0.1, -0.05) is 13.8 Å². The van der Waals surface area contributed by atoms with Crippen molar-refractivity contribution < 1.29 is 9.90 Å². The first-order valence-electron chi connectivity index (χ1n) is 4.17. The summed E-state index contributed by atoms with van der Waals surface area (Å²) in [5, 5.41) is 9.44. The van der Waals surface area contributed by atoms with E-state index in [9.17, 15) is 4.79 Å². The summed E-state index contributed by atoms with van der Waals surface area (Å²) >= 11 is 1.65. The van der Waals surface area contributed by atoms with E-state index in [4.69, 9.17) is 5.11 Å². The molecule has 0 atom stereocenters. The van der Waals surface area contributed by atoms with Gasteiger partial charge in [-0.25, -0.2) is 0 Å². The molecule has 1 fully saturated rings. The second-order valence-corrected chi connectivity index (χ2v) is 4.88. The highest BCUT2D eigenvalue weighted by atomic mass is 32.2. The van der Waals surface area contributed by atoms with Crippen molar-refractivity contribution in [3.05, 3.63) is 0 Å². The van der Waals surface area contributed by atoms with E-state index in [1.165, 1.54) is 0 Å². The minimum absolute atomic E-state index is 0.152. The van der Waals surface area contributed by atoms with Gasteiger partial charge in [-0.05, 0) is 5.25 Å². The normalized spacial score (nSPS) is 18.2. The highest BCUT2D eigenvalue weighted by Crippen LogP contribution is 2.13. The van der Waals surface area contributed by atoms with Gasteiger partial charge in [0.1, 0.15) is 0 Å². The average molecular weight is 189 g/mol. The summed E-state index contributed by atoms with van der Waals surface area (Å²) in [6.07, 6.45) is -0.280. The Kier molecular flexibility index (Phi) is 3.40. The molecule has 4 heteroatoms. The van der Waals surface area contributed by atoms with E-state index in [0.717, 1.165) is 0 Å². The fourth-order valence-corrected chi connectivity index (χ4v) is 1.65. The SMILES string of the molecule is CC(C)SCC(=O)N1CC(O)C1. The molecular weight excluding hydrogens is 174 g/mol. The number of rotatable bonds is 3. The van der Waals surface area contributed by atoms with Gasteiger partial charge in [-0.15, -0.1) is 11.8 Å². The van der Waals surface area contributed by atoms with Gasteiger partial charge >= 0.3 is 0 Å². The van der Waals surface area contributed by atoms with Crippen molar-refractivity contribution >= 4 is 17.7 Å². The number of nitrogens with zero attached hydrogens (tertiary/aromatic N) is 1. The minimum atomic E-state index is -0.280. The Morgan fingerprint density at radius 2 is 2.25 bits per heavy atom. The van der Waals surface area contributed by atoms with Crippen molar-refractivity contribution in [1.82, 2.24) is 4.90 Å². The molecule has 1 aliphatic heterocycles. The highest BCUT2D eigenvalue weighted by molar-refractivity contribution is 8.00. The fraction of sp³-hybridized carbons (Fsp3) is 0.875. The lowest BCUT2D eigenvalue weighted by Crippen LogP contribution is -2.54. The third kappa shape index (κ3) is 2.68. The van der Waals surface area contributed by atoms with Crippen LogP contribution in [0.25, 0.3) is 0 Å². The van der Waals surface area contributed by atoms with Crippen molar-refractivity contribution in [2.45, 2.75) is 25.2 Å². The van der Waals surface area contributed by atoms with Gasteiger partial charge in [0.15, 0.2) is 0 Å². The van der Waals surface area contributed by atoms with E-state index >= 15 is 0 Å². The monoisotopic (exact) mass is 189 g/mol. The number of aliphatic hydroxyl groups is 1. The first-order valence-corrected chi connectivity index (χ1v) is 5.22. The molecule has 0 aromatic heterocycles. The summed E-state index contributed by atoms with van der Waals surface area (Å²) in [6, 6.07) is 0. The van der Waals surface area contributed by atoms with E-state index in [1.54, 1.807) is 16.7 Å². The average Bonchev–Trinajstić information content (AvgIpc) is 1.94. The second kappa shape index (κ2) is 4.14. The summed E-state index contributed by atoms with van der Waals surface area (Å²) in [4.78, 5) is 13.0. The van der Waals surface area contributed by atoms with Gasteiger partial charge in [0.05, 0.1) is 11.9 Å². The number of carbonyl (C=O) groups is 1. The van der Waals surface area contributed by atoms with Gasteiger partial charge in [0.2, 0.25) is 5.91 Å². The molecule has 0 unspecified atom stereocenters. The molecular formula is C8H15NO2S. The molecule has 0 saturated carbocycles. The topological polar surface area (TPSA) is 40.5 Å². The summed E-state index contributed by atoms with van der Waals surface area (Å²) in [7, 11) is 0. The molecule has 3 nitrogen and oxygen atoms in total. The van der Waals surface area contributed by atoms with Crippen LogP contribution in [0.4, 0.5) is 0 Å². The quantitative estimate of drug-likeness (QED) is 0.695. The summed E-state index contributed by atoms with van der Waals surface area (Å²) in [6.45, 7) is 5.20. The third-order valence-electron chi connectivity index (χ3n) is 1.76. The van der Waals surface area contributed by atoms with E-state index < -0.39 is 0 Å². The molecule has 0 spiro atoms. The van der Waals surface area contributed by atoms with Crippen molar-refractivity contribution in [3.8, 4) is 0 Å². The minimum Gasteiger partial charge on any atom is -0.389 e. The molecule has 0 aromatic rings. The molecule has 0 bridgehead atoms. The number of β-amino-alcohol motifs (C(OH)–C–C–N with tert-alkyl or cyclic N) is 1. The van der Waals surface area contributed by atoms with E-state index in [1.807, 2.05) is 0 Å². The van der Waals surface area contributed by atoms with Crippen LogP contribution in [0, 0.1) is 0 Å². The summed E-state index contributed by atoms with van der Waals surface area (Å²) in [5.74, 6) is 0.698. The number of hydrogen-bond donors (Lipinski definition) is 1. The molecule has 0 aromatic carbocycles. The molecule has 1 rings (SSSR count). The first kappa shape index (κ1) is 9.86. The Labute approximate surface area is 77.1 Å². The predicted octanol–water partition coefficient (Wildman–Crippen LogP) is 0.331. The zero-order valence-electron chi connectivity index (χ0n) is 7.49. The first-order chi connectivity index (χ1) is 5.59. The van der Waals surface area contributed by atoms with Gasteiger partial charge in [-0.3, -0.25) is 4.79 Å². The van der Waals surface area contributed by atoms with Crippen LogP contribution in [-0.2, 0) is 4.79 Å². The largest absolute Gasteiger partial charge is 0.389 e. The lowest BCUT2D eigenvalue weighted by Gasteiger charge is -2.35. The fourth-order valence-electron chi connectivity index (χ4n) is 0.988. The lowest BCUT2D eigenvalue weighted by molar-refractivity contribution is -0.138. The lowest BCUT2D eigenvalue weighted by atomic mass is 10.2. The third-order valence-corrected chi connectivity index (χ3v) is 2.84. The van der Waals surface area contributed by atoms with E-state index in [2.05, 4.69) is 13.8 Å². The predicted molar refractivity (Wildman–Crippen MR) is 50.2 cm³/mol. The zero-order valence-corrected chi connectivity index (χ0v) is 8.30. The Balaban J connectivity index is 2.13. The number of thioether (sulfide) groups is 1. The number of carbonyl (C=O) groups excluding carboxylic acids is 1. The Hall–Kier alpha value is -0.220. The molecule has 1 amide bonds. The molecule has 0 radical (unpaired) electrons. The van der Waals surface area contributed by atoms with Crippen LogP contribution >= 0.6 is 11.8 Å². The number of likely N-dealkylation sites (tertiary alicyclic amines) is 1. The molecule has 1 heterocycles. The van der Waals surface area contributed by atoms with Crippen LogP contribution in [-0.4, -0.2) is 46.1 Å². The van der Waals surface area contributed by atoms with Crippen molar-refractivity contribution in [3.63, 3.8) is 0 Å². The van der Waals surface area contributed by atoms with E-state index in [0.29, 0.717) is 24.1 Å². The maximum Gasteiger partial charge on any atom is 0.232 e. The van der Waals surface area contributed by atoms with Crippen LogP contribution in [0.3, 0.4) is 0 Å². The van der Waals surface area contributed by atoms with Crippen LogP contribution in [0.15, 0.2) is 0 Å². The Morgan fingerprint density at radius 3 is 2.67 bits per heavy atom. The smallest absolute Gasteiger partial charge is 0.232 e. The van der Waals surface area contributed by atoms with Crippen LogP contribution in [0.5, 0.6) is 0 Å². The van der Waals surface area contributed by atoms with Gasteiger partial charge < -0.3 is 10.0 Å².